The summed E-state index contributed by atoms with van der Waals surface area (Å²) >= 11 is 0. The molecule has 0 saturated heterocycles. The molecule has 2 rings (SSSR count). The summed E-state index contributed by atoms with van der Waals surface area (Å²) in [5.41, 5.74) is 2.88. The number of aryl methyl sites for hydroxylation is 2. The molecule has 0 spiro atoms. The second-order valence-corrected chi connectivity index (χ2v) is 4.90. The van der Waals surface area contributed by atoms with Crippen molar-refractivity contribution in [3.8, 4) is 0 Å². The van der Waals surface area contributed by atoms with Crippen molar-refractivity contribution in [2.75, 3.05) is 13.6 Å². The van der Waals surface area contributed by atoms with Gasteiger partial charge in [-0.25, -0.2) is 0 Å². The van der Waals surface area contributed by atoms with Crippen LogP contribution in [-0.4, -0.2) is 24.1 Å². The Labute approximate surface area is 109 Å². The topological polar surface area (TPSA) is 46.1 Å². The number of aromatic nitrogens is 1. The molecule has 1 heterocycles. The first-order valence-electron chi connectivity index (χ1n) is 6.87. The number of hydrogen-bond donors (Lipinski definition) is 2. The molecule has 1 atom stereocenters. The van der Waals surface area contributed by atoms with Crippen LogP contribution in [0.3, 0.4) is 0 Å². The van der Waals surface area contributed by atoms with Gasteiger partial charge in [0, 0.05) is 38.4 Å². The lowest BCUT2D eigenvalue weighted by Gasteiger charge is -2.22. The largest absolute Gasteiger partial charge is 0.359 e. The molecule has 0 saturated carbocycles. The lowest BCUT2D eigenvalue weighted by molar-refractivity contribution is -0.120. The number of fused-ring (bicyclic) bond motifs is 1. The molecule has 18 heavy (non-hydrogen) atoms. The zero-order valence-electron chi connectivity index (χ0n) is 11.3. The van der Waals surface area contributed by atoms with E-state index in [1.807, 2.05) is 0 Å². The lowest BCUT2D eigenvalue weighted by atomic mass is 9.91. The minimum atomic E-state index is 0.102. The van der Waals surface area contributed by atoms with Crippen molar-refractivity contribution in [3.63, 3.8) is 0 Å². The van der Waals surface area contributed by atoms with Crippen LogP contribution in [0, 0.1) is 0 Å². The van der Waals surface area contributed by atoms with Crippen LogP contribution in [-0.2, 0) is 17.8 Å². The maximum Gasteiger partial charge on any atom is 0.221 e. The summed E-state index contributed by atoms with van der Waals surface area (Å²) in [7, 11) is 1.68. The highest BCUT2D eigenvalue weighted by Crippen LogP contribution is 2.30. The van der Waals surface area contributed by atoms with Gasteiger partial charge in [0.2, 0.25) is 5.91 Å². The van der Waals surface area contributed by atoms with Crippen molar-refractivity contribution in [1.82, 2.24) is 15.2 Å². The fourth-order valence-corrected chi connectivity index (χ4v) is 2.69. The Kier molecular flexibility index (Phi) is 4.42. The van der Waals surface area contributed by atoms with Crippen LogP contribution in [0.1, 0.15) is 43.4 Å². The summed E-state index contributed by atoms with van der Waals surface area (Å²) in [4.78, 5) is 11.3. The molecule has 0 fully saturated rings. The van der Waals surface area contributed by atoms with Crippen LogP contribution in [0.4, 0.5) is 0 Å². The quantitative estimate of drug-likeness (QED) is 0.833. The van der Waals surface area contributed by atoms with E-state index >= 15 is 0 Å². The van der Waals surface area contributed by atoms with Crippen molar-refractivity contribution < 1.29 is 4.79 Å². The van der Waals surface area contributed by atoms with Gasteiger partial charge in [-0.3, -0.25) is 4.79 Å². The van der Waals surface area contributed by atoms with Crippen molar-refractivity contribution >= 4 is 5.91 Å². The summed E-state index contributed by atoms with van der Waals surface area (Å²) in [5.74, 6) is 0.102. The molecule has 0 bridgehead atoms. The van der Waals surface area contributed by atoms with Gasteiger partial charge in [-0.15, -0.1) is 0 Å². The standard InChI is InChI=1S/C14H23N3O/c1-3-16-13-6-4-5-11-9-17(10-12(11)13)8-7-14(18)15-2/h9-10,13,16H,3-8H2,1-2H3,(H,15,18). The summed E-state index contributed by atoms with van der Waals surface area (Å²) < 4.78 is 2.16. The molecule has 1 aliphatic carbocycles. The Balaban J connectivity index is 2.04. The average Bonchev–Trinajstić information content (AvgIpc) is 2.80. The molecular formula is C14H23N3O. The van der Waals surface area contributed by atoms with Gasteiger partial charge < -0.3 is 15.2 Å². The summed E-state index contributed by atoms with van der Waals surface area (Å²) in [6.07, 6.45) is 8.62. The van der Waals surface area contributed by atoms with E-state index in [1.54, 1.807) is 7.05 Å². The molecule has 1 unspecified atom stereocenters. The predicted molar refractivity (Wildman–Crippen MR) is 72.5 cm³/mol. The van der Waals surface area contributed by atoms with Crippen molar-refractivity contribution in [2.45, 2.75) is 45.2 Å². The third kappa shape index (κ3) is 2.93. The Morgan fingerprint density at radius 2 is 2.33 bits per heavy atom. The second kappa shape index (κ2) is 6.05. The zero-order valence-corrected chi connectivity index (χ0v) is 11.3. The third-order valence-corrected chi connectivity index (χ3v) is 3.64. The first-order chi connectivity index (χ1) is 8.74. The number of nitrogens with one attached hydrogen (secondary N) is 2. The van der Waals surface area contributed by atoms with Crippen LogP contribution < -0.4 is 10.6 Å². The van der Waals surface area contributed by atoms with E-state index < -0.39 is 0 Å². The fourth-order valence-electron chi connectivity index (χ4n) is 2.69. The Hall–Kier alpha value is -1.29. The molecule has 2 N–H and O–H groups in total. The number of carbonyl (C=O) groups is 1. The normalized spacial score (nSPS) is 18.4. The molecule has 100 valence electrons. The van der Waals surface area contributed by atoms with Crippen LogP contribution in [0.15, 0.2) is 12.4 Å². The predicted octanol–water partition coefficient (Wildman–Crippen LogP) is 1.61. The van der Waals surface area contributed by atoms with E-state index in [-0.39, 0.29) is 5.91 Å². The average molecular weight is 249 g/mol. The number of amides is 1. The van der Waals surface area contributed by atoms with E-state index in [4.69, 9.17) is 0 Å². The van der Waals surface area contributed by atoms with Crippen LogP contribution in [0.2, 0.25) is 0 Å². The molecule has 1 aliphatic rings. The summed E-state index contributed by atoms with van der Waals surface area (Å²) in [6.45, 7) is 3.93. The molecule has 0 radical (unpaired) electrons. The first kappa shape index (κ1) is 13.1. The fraction of sp³-hybridized carbons (Fsp3) is 0.643. The second-order valence-electron chi connectivity index (χ2n) is 4.90. The maximum atomic E-state index is 11.3. The van der Waals surface area contributed by atoms with Crippen LogP contribution in [0.5, 0.6) is 0 Å². The van der Waals surface area contributed by atoms with E-state index in [1.165, 1.54) is 30.4 Å². The SMILES string of the molecule is CCNC1CCCc2cn(CCC(=O)NC)cc21. The highest BCUT2D eigenvalue weighted by Gasteiger charge is 2.21. The van der Waals surface area contributed by atoms with Gasteiger partial charge in [-0.2, -0.15) is 0 Å². The van der Waals surface area contributed by atoms with Gasteiger partial charge in [0.05, 0.1) is 0 Å². The van der Waals surface area contributed by atoms with E-state index in [0.29, 0.717) is 12.5 Å². The first-order valence-corrected chi connectivity index (χ1v) is 6.87. The van der Waals surface area contributed by atoms with Gasteiger partial charge >= 0.3 is 0 Å². The van der Waals surface area contributed by atoms with Crippen LogP contribution >= 0.6 is 0 Å². The molecule has 1 amide bonds. The van der Waals surface area contributed by atoms with Crippen molar-refractivity contribution in [2.24, 2.45) is 0 Å². The van der Waals surface area contributed by atoms with Crippen molar-refractivity contribution in [1.29, 1.82) is 0 Å². The Morgan fingerprint density at radius 3 is 3.06 bits per heavy atom. The molecule has 1 aromatic rings. The van der Waals surface area contributed by atoms with Gasteiger partial charge in [0.25, 0.3) is 0 Å². The summed E-state index contributed by atoms with van der Waals surface area (Å²) in [5, 5.41) is 6.20. The number of carbonyl (C=O) groups excluding carboxylic acids is 1. The van der Waals surface area contributed by atoms with E-state index in [9.17, 15) is 4.79 Å². The highest BCUT2D eigenvalue weighted by molar-refractivity contribution is 5.75. The molecule has 4 nitrogen and oxygen atoms in total. The molecule has 0 aliphatic heterocycles. The number of rotatable bonds is 5. The lowest BCUT2D eigenvalue weighted by Crippen LogP contribution is -2.23. The van der Waals surface area contributed by atoms with Crippen molar-refractivity contribution in [3.05, 3.63) is 23.5 Å². The Morgan fingerprint density at radius 1 is 1.50 bits per heavy atom. The van der Waals surface area contributed by atoms with Gasteiger partial charge in [0.15, 0.2) is 0 Å². The minimum Gasteiger partial charge on any atom is -0.359 e. The number of hydrogen-bond acceptors (Lipinski definition) is 2. The zero-order chi connectivity index (χ0) is 13.0. The van der Waals surface area contributed by atoms with Gasteiger partial charge in [-0.1, -0.05) is 6.92 Å². The van der Waals surface area contributed by atoms with E-state index in [2.05, 4.69) is 34.5 Å². The molecule has 0 aromatic carbocycles. The number of nitrogens with zero attached hydrogens (tertiary/aromatic N) is 1. The van der Waals surface area contributed by atoms with Crippen LogP contribution in [0.25, 0.3) is 0 Å². The molecular weight excluding hydrogens is 226 g/mol. The van der Waals surface area contributed by atoms with Gasteiger partial charge in [0.1, 0.15) is 0 Å². The highest BCUT2D eigenvalue weighted by atomic mass is 16.1. The minimum absolute atomic E-state index is 0.102. The smallest absolute Gasteiger partial charge is 0.221 e. The summed E-state index contributed by atoms with van der Waals surface area (Å²) in [6, 6.07) is 0.500. The molecule has 1 aromatic heterocycles. The molecule has 4 heteroatoms. The monoisotopic (exact) mass is 249 g/mol. The Bertz CT molecular complexity index is 411. The van der Waals surface area contributed by atoms with E-state index in [0.717, 1.165) is 13.1 Å². The third-order valence-electron chi connectivity index (χ3n) is 3.64. The van der Waals surface area contributed by atoms with Gasteiger partial charge in [-0.05, 0) is 36.9 Å². The maximum absolute atomic E-state index is 11.3.